The van der Waals surface area contributed by atoms with Gasteiger partial charge in [0.25, 0.3) is 0 Å². The third kappa shape index (κ3) is 3.45. The molecule has 0 saturated carbocycles. The van der Waals surface area contributed by atoms with Crippen LogP contribution < -0.4 is 4.74 Å². The van der Waals surface area contributed by atoms with Gasteiger partial charge >= 0.3 is 18.3 Å². The lowest BCUT2D eigenvalue weighted by Crippen LogP contribution is -2.55. The molecule has 2 aromatic rings. The highest BCUT2D eigenvalue weighted by Crippen LogP contribution is 2.53. The zero-order chi connectivity index (χ0) is 20.7. The van der Waals surface area contributed by atoms with E-state index in [-0.39, 0.29) is 6.07 Å². The van der Waals surface area contributed by atoms with E-state index in [1.807, 2.05) is 0 Å². The fraction of sp³-hybridized carbons (Fsp3) is 0.294. The first-order valence-corrected chi connectivity index (χ1v) is 7.25. The number of para-hydroxylation sites is 1. The van der Waals surface area contributed by atoms with Gasteiger partial charge in [0, 0.05) is 5.56 Å². The van der Waals surface area contributed by atoms with E-state index >= 15 is 0 Å². The molecule has 10 heteroatoms. The molecule has 0 saturated heterocycles. The fourth-order valence-corrected chi connectivity index (χ4v) is 2.58. The minimum absolute atomic E-state index is 0.0477. The number of benzene rings is 2. The molecule has 0 heterocycles. The van der Waals surface area contributed by atoms with Crippen LogP contribution in [0.25, 0.3) is 0 Å². The molecule has 0 aliphatic rings. The Morgan fingerprint density at radius 2 is 1.33 bits per heavy atom. The summed E-state index contributed by atoms with van der Waals surface area (Å²) >= 11 is 0. The van der Waals surface area contributed by atoms with E-state index in [9.17, 15) is 40.2 Å². The van der Waals surface area contributed by atoms with Crippen molar-refractivity contribution in [3.05, 3.63) is 65.2 Å². The lowest BCUT2D eigenvalue weighted by molar-refractivity contribution is -0.336. The highest BCUT2D eigenvalue weighted by atomic mass is 19.4. The predicted octanol–water partition coefficient (Wildman–Crippen LogP) is 5.15. The van der Waals surface area contributed by atoms with E-state index in [4.69, 9.17) is 4.74 Å². The summed E-state index contributed by atoms with van der Waals surface area (Å²) in [6.07, 6.45) is -11.3. The number of hydrogen-bond donors (Lipinski definition) is 1. The van der Waals surface area contributed by atoms with E-state index in [1.165, 1.54) is 6.07 Å². The molecule has 1 atom stereocenters. The third-order valence-electron chi connectivity index (χ3n) is 3.91. The average molecular weight is 400 g/mol. The minimum Gasteiger partial charge on any atom is -0.496 e. The second-order valence-electron chi connectivity index (χ2n) is 5.56. The molecule has 0 spiro atoms. The second-order valence-corrected chi connectivity index (χ2v) is 5.56. The van der Waals surface area contributed by atoms with E-state index in [0.717, 1.165) is 25.3 Å². The molecule has 1 unspecified atom stereocenters. The molecule has 0 amide bonds. The molecule has 2 aromatic carbocycles. The highest BCUT2D eigenvalue weighted by molar-refractivity contribution is 5.48. The number of aliphatic hydroxyl groups is 1. The highest BCUT2D eigenvalue weighted by Gasteiger charge is 2.71. The molecule has 0 aliphatic carbocycles. The van der Waals surface area contributed by atoms with Gasteiger partial charge in [0.05, 0.1) is 12.7 Å². The second kappa shape index (κ2) is 6.66. The number of methoxy groups -OCH3 is 1. The van der Waals surface area contributed by atoms with Gasteiger partial charge in [-0.15, -0.1) is 0 Å². The van der Waals surface area contributed by atoms with E-state index < -0.39 is 46.3 Å². The summed E-state index contributed by atoms with van der Waals surface area (Å²) in [5.41, 5.74) is -7.98. The monoisotopic (exact) mass is 400 g/mol. The van der Waals surface area contributed by atoms with Gasteiger partial charge in [-0.05, 0) is 23.8 Å². The van der Waals surface area contributed by atoms with E-state index in [2.05, 4.69) is 0 Å². The van der Waals surface area contributed by atoms with Crippen molar-refractivity contribution in [3.8, 4) is 5.75 Å². The molecule has 0 aromatic heterocycles. The van der Waals surface area contributed by atoms with Crippen LogP contribution in [0.5, 0.6) is 5.75 Å². The summed E-state index contributed by atoms with van der Waals surface area (Å²) in [5, 5.41) is 10.6. The molecule has 0 bridgehead atoms. The average Bonchev–Trinajstić information content (AvgIpc) is 2.59. The van der Waals surface area contributed by atoms with Crippen molar-refractivity contribution in [3.63, 3.8) is 0 Å². The van der Waals surface area contributed by atoms with Crippen molar-refractivity contribution in [1.82, 2.24) is 0 Å². The standard InChI is InChI=1S/C17H12F8O2/c1-27-13-8-3-2-7-12(13)14(26,16(21,22)17(23,24)25)10-5-4-6-11(9-10)15(18,19)20/h2-9,26H,1H3. The Kier molecular flexibility index (Phi) is 5.17. The van der Waals surface area contributed by atoms with Crippen LogP contribution in [-0.2, 0) is 11.8 Å². The largest absolute Gasteiger partial charge is 0.496 e. The summed E-state index contributed by atoms with van der Waals surface area (Å²) < 4.78 is 112. The van der Waals surface area contributed by atoms with Crippen LogP contribution in [0.2, 0.25) is 0 Å². The van der Waals surface area contributed by atoms with Gasteiger partial charge in [-0.3, -0.25) is 0 Å². The van der Waals surface area contributed by atoms with Gasteiger partial charge in [-0.2, -0.15) is 35.1 Å². The summed E-state index contributed by atoms with van der Waals surface area (Å²) in [5.74, 6) is -6.39. The summed E-state index contributed by atoms with van der Waals surface area (Å²) in [7, 11) is 0.955. The van der Waals surface area contributed by atoms with E-state index in [0.29, 0.717) is 18.2 Å². The fourth-order valence-electron chi connectivity index (χ4n) is 2.58. The van der Waals surface area contributed by atoms with Crippen LogP contribution in [0, 0.1) is 0 Å². The normalized spacial score (nSPS) is 15.3. The molecule has 2 nitrogen and oxygen atoms in total. The first-order chi connectivity index (χ1) is 12.3. The molecule has 0 aliphatic heterocycles. The molecule has 0 radical (unpaired) electrons. The Hall–Kier alpha value is -2.36. The molecule has 148 valence electrons. The summed E-state index contributed by atoms with van der Waals surface area (Å²) in [4.78, 5) is 0. The summed E-state index contributed by atoms with van der Waals surface area (Å²) in [6.45, 7) is 0. The number of halogens is 8. The number of rotatable bonds is 4. The van der Waals surface area contributed by atoms with E-state index in [1.54, 1.807) is 0 Å². The Morgan fingerprint density at radius 3 is 1.85 bits per heavy atom. The van der Waals surface area contributed by atoms with Crippen LogP contribution in [0.3, 0.4) is 0 Å². The van der Waals surface area contributed by atoms with Gasteiger partial charge in [0.2, 0.25) is 0 Å². The van der Waals surface area contributed by atoms with Gasteiger partial charge in [-0.1, -0.05) is 30.3 Å². The zero-order valence-corrected chi connectivity index (χ0v) is 13.5. The minimum atomic E-state index is -6.27. The third-order valence-corrected chi connectivity index (χ3v) is 3.91. The van der Waals surface area contributed by atoms with Gasteiger partial charge in [-0.25, -0.2) is 0 Å². The van der Waals surface area contributed by atoms with Gasteiger partial charge in [0.15, 0.2) is 5.60 Å². The van der Waals surface area contributed by atoms with Gasteiger partial charge in [0.1, 0.15) is 5.75 Å². The molecule has 2 rings (SSSR count). The first kappa shape index (κ1) is 20.9. The number of alkyl halides is 8. The number of hydrogen-bond acceptors (Lipinski definition) is 2. The van der Waals surface area contributed by atoms with Crippen molar-refractivity contribution in [1.29, 1.82) is 0 Å². The van der Waals surface area contributed by atoms with Crippen molar-refractivity contribution >= 4 is 0 Å². The van der Waals surface area contributed by atoms with Gasteiger partial charge < -0.3 is 9.84 Å². The zero-order valence-electron chi connectivity index (χ0n) is 13.5. The van der Waals surface area contributed by atoms with Crippen molar-refractivity contribution in [2.75, 3.05) is 7.11 Å². The predicted molar refractivity (Wildman–Crippen MR) is 78.4 cm³/mol. The topological polar surface area (TPSA) is 29.5 Å². The number of ether oxygens (including phenoxy) is 1. The summed E-state index contributed by atoms with van der Waals surface area (Å²) in [6, 6.07) is 5.72. The van der Waals surface area contributed by atoms with Crippen LogP contribution in [0.1, 0.15) is 16.7 Å². The lowest BCUT2D eigenvalue weighted by Gasteiger charge is -2.38. The Morgan fingerprint density at radius 1 is 0.778 bits per heavy atom. The molecule has 0 fully saturated rings. The molecular weight excluding hydrogens is 388 g/mol. The SMILES string of the molecule is COc1ccccc1C(O)(c1cccc(C(F)(F)F)c1)C(F)(F)C(F)(F)F. The maximum absolute atomic E-state index is 14.4. The smallest absolute Gasteiger partial charge is 0.457 e. The van der Waals surface area contributed by atoms with Crippen LogP contribution in [0.15, 0.2) is 48.5 Å². The Labute approximate surface area is 148 Å². The maximum Gasteiger partial charge on any atom is 0.457 e. The first-order valence-electron chi connectivity index (χ1n) is 7.25. The molecular formula is C17H12F8O2. The van der Waals surface area contributed by atoms with Crippen molar-refractivity contribution in [2.45, 2.75) is 23.9 Å². The lowest BCUT2D eigenvalue weighted by atomic mass is 9.79. The van der Waals surface area contributed by atoms with Crippen molar-refractivity contribution in [2.24, 2.45) is 0 Å². The quantitative estimate of drug-likeness (QED) is 0.720. The van der Waals surface area contributed by atoms with Crippen molar-refractivity contribution < 1.29 is 45.0 Å². The molecule has 27 heavy (non-hydrogen) atoms. The van der Waals surface area contributed by atoms with Crippen LogP contribution in [-0.4, -0.2) is 24.3 Å². The van der Waals surface area contributed by atoms with Crippen LogP contribution in [0.4, 0.5) is 35.1 Å². The maximum atomic E-state index is 14.4. The Bertz CT molecular complexity index is 813. The van der Waals surface area contributed by atoms with Crippen LogP contribution >= 0.6 is 0 Å². The Balaban J connectivity index is 2.88. The molecule has 1 N–H and O–H groups in total.